The molecule has 160 valence electrons. The van der Waals surface area contributed by atoms with Crippen LogP contribution in [0.4, 0.5) is 5.69 Å². The minimum atomic E-state index is -3.63. The number of anilines is 1. The molecule has 5 nitrogen and oxygen atoms in total. The molecular formula is C26H22N2O3S. The van der Waals surface area contributed by atoms with Crippen molar-refractivity contribution >= 4 is 32.4 Å². The van der Waals surface area contributed by atoms with Crippen LogP contribution >= 0.6 is 0 Å². The molecule has 4 aromatic carbocycles. The molecule has 1 aliphatic heterocycles. The smallest absolute Gasteiger partial charge is 0.255 e. The van der Waals surface area contributed by atoms with E-state index in [1.54, 1.807) is 12.1 Å². The van der Waals surface area contributed by atoms with Crippen LogP contribution < -0.4 is 5.32 Å². The number of fused-ring (bicyclic) bond motifs is 2. The van der Waals surface area contributed by atoms with E-state index < -0.39 is 10.0 Å². The summed E-state index contributed by atoms with van der Waals surface area (Å²) in [7, 11) is -3.63. The van der Waals surface area contributed by atoms with E-state index in [9.17, 15) is 13.2 Å². The van der Waals surface area contributed by atoms with Crippen LogP contribution in [0.25, 0.3) is 10.8 Å². The lowest BCUT2D eigenvalue weighted by atomic mass is 10.0. The Bertz CT molecular complexity index is 1410. The number of hydrogen-bond acceptors (Lipinski definition) is 3. The summed E-state index contributed by atoms with van der Waals surface area (Å²) in [5.74, 6) is -0.280. The van der Waals surface area contributed by atoms with Crippen LogP contribution in [-0.4, -0.2) is 25.2 Å². The lowest BCUT2D eigenvalue weighted by Gasteiger charge is -2.28. The number of hydrogen-bond donors (Lipinski definition) is 1. The molecule has 0 radical (unpaired) electrons. The molecule has 0 fully saturated rings. The fraction of sp³-hybridized carbons (Fsp3) is 0.115. The molecule has 0 bridgehead atoms. The fourth-order valence-electron chi connectivity index (χ4n) is 4.13. The van der Waals surface area contributed by atoms with Gasteiger partial charge in [-0.05, 0) is 53.3 Å². The highest BCUT2D eigenvalue weighted by Crippen LogP contribution is 2.26. The SMILES string of the molecule is O=C(Nc1cccc2ccccc12)c1ccc(S(=O)(=O)N2CCc3ccccc3C2)cc1. The van der Waals surface area contributed by atoms with Gasteiger partial charge in [0.2, 0.25) is 10.0 Å². The van der Waals surface area contributed by atoms with Gasteiger partial charge in [-0.1, -0.05) is 60.7 Å². The van der Waals surface area contributed by atoms with Gasteiger partial charge in [-0.25, -0.2) is 8.42 Å². The van der Waals surface area contributed by atoms with E-state index in [4.69, 9.17) is 0 Å². The zero-order valence-corrected chi connectivity index (χ0v) is 18.2. The number of carbonyl (C=O) groups excluding carboxylic acids is 1. The molecule has 0 aliphatic carbocycles. The molecule has 5 rings (SSSR count). The molecule has 1 aliphatic rings. The maximum absolute atomic E-state index is 13.1. The highest BCUT2D eigenvalue weighted by Gasteiger charge is 2.28. The molecule has 0 spiro atoms. The number of rotatable bonds is 4. The average molecular weight is 443 g/mol. The van der Waals surface area contributed by atoms with Gasteiger partial charge >= 0.3 is 0 Å². The van der Waals surface area contributed by atoms with E-state index in [1.807, 2.05) is 66.7 Å². The van der Waals surface area contributed by atoms with Crippen molar-refractivity contribution in [3.63, 3.8) is 0 Å². The summed E-state index contributed by atoms with van der Waals surface area (Å²) >= 11 is 0. The highest BCUT2D eigenvalue weighted by atomic mass is 32.2. The van der Waals surface area contributed by atoms with Crippen LogP contribution in [0.2, 0.25) is 0 Å². The van der Waals surface area contributed by atoms with E-state index in [1.165, 1.54) is 22.0 Å². The standard InChI is InChI=1S/C26H22N2O3S/c29-26(27-25-11-5-9-20-7-3-4-10-24(20)25)21-12-14-23(15-13-21)32(30,31)28-17-16-19-6-1-2-8-22(19)18-28/h1-15H,16-18H2,(H,27,29). The molecule has 0 unspecified atom stereocenters. The fourth-order valence-corrected chi connectivity index (χ4v) is 5.55. The Morgan fingerprint density at radius 1 is 0.781 bits per heavy atom. The topological polar surface area (TPSA) is 66.5 Å². The van der Waals surface area contributed by atoms with Crippen LogP contribution in [0, 0.1) is 0 Å². The minimum Gasteiger partial charge on any atom is -0.321 e. The number of amides is 1. The third-order valence-electron chi connectivity index (χ3n) is 5.89. The van der Waals surface area contributed by atoms with Gasteiger partial charge in [-0.15, -0.1) is 0 Å². The second-order valence-corrected chi connectivity index (χ2v) is 9.80. The first kappa shape index (κ1) is 20.4. The van der Waals surface area contributed by atoms with Crippen molar-refractivity contribution in [3.05, 3.63) is 108 Å². The van der Waals surface area contributed by atoms with Crippen LogP contribution in [0.5, 0.6) is 0 Å². The highest BCUT2D eigenvalue weighted by molar-refractivity contribution is 7.89. The molecule has 1 amide bonds. The maximum atomic E-state index is 13.1. The number of nitrogens with one attached hydrogen (secondary N) is 1. The Kier molecular flexibility index (Phi) is 5.25. The van der Waals surface area contributed by atoms with Crippen molar-refractivity contribution in [2.75, 3.05) is 11.9 Å². The average Bonchev–Trinajstić information content (AvgIpc) is 2.84. The summed E-state index contributed by atoms with van der Waals surface area (Å²) in [6.07, 6.45) is 0.695. The van der Waals surface area contributed by atoms with Gasteiger partial charge < -0.3 is 5.32 Å². The van der Waals surface area contributed by atoms with Gasteiger partial charge in [0.1, 0.15) is 0 Å². The Hall–Kier alpha value is -3.48. The van der Waals surface area contributed by atoms with Gasteiger partial charge in [-0.2, -0.15) is 4.31 Å². The largest absolute Gasteiger partial charge is 0.321 e. The van der Waals surface area contributed by atoms with Crippen molar-refractivity contribution in [2.45, 2.75) is 17.9 Å². The van der Waals surface area contributed by atoms with Crippen LogP contribution in [-0.2, 0) is 23.0 Å². The number of nitrogens with zero attached hydrogens (tertiary/aromatic N) is 1. The van der Waals surface area contributed by atoms with Crippen molar-refractivity contribution in [1.29, 1.82) is 0 Å². The van der Waals surface area contributed by atoms with E-state index in [0.717, 1.165) is 22.0 Å². The quantitative estimate of drug-likeness (QED) is 0.492. The van der Waals surface area contributed by atoms with Gasteiger partial charge in [-0.3, -0.25) is 4.79 Å². The van der Waals surface area contributed by atoms with Crippen molar-refractivity contribution in [3.8, 4) is 0 Å². The lowest BCUT2D eigenvalue weighted by molar-refractivity contribution is 0.102. The summed E-state index contributed by atoms with van der Waals surface area (Å²) in [4.78, 5) is 13.0. The Morgan fingerprint density at radius 2 is 1.47 bits per heavy atom. The number of carbonyl (C=O) groups is 1. The zero-order chi connectivity index (χ0) is 22.1. The van der Waals surface area contributed by atoms with Crippen LogP contribution in [0.1, 0.15) is 21.5 Å². The Balaban J connectivity index is 1.35. The van der Waals surface area contributed by atoms with E-state index >= 15 is 0 Å². The summed E-state index contributed by atoms with van der Waals surface area (Å²) in [5.41, 5.74) is 3.35. The Morgan fingerprint density at radius 3 is 2.28 bits per heavy atom. The second-order valence-electron chi connectivity index (χ2n) is 7.86. The van der Waals surface area contributed by atoms with E-state index in [0.29, 0.717) is 25.1 Å². The van der Waals surface area contributed by atoms with Crippen molar-refractivity contribution in [2.24, 2.45) is 0 Å². The summed E-state index contributed by atoms with van der Waals surface area (Å²) < 4.78 is 27.8. The van der Waals surface area contributed by atoms with Crippen molar-refractivity contribution < 1.29 is 13.2 Å². The molecule has 1 N–H and O–H groups in total. The van der Waals surface area contributed by atoms with E-state index in [2.05, 4.69) is 5.32 Å². The normalized spacial score (nSPS) is 14.1. The summed E-state index contributed by atoms with van der Waals surface area (Å²) in [5, 5.41) is 4.92. The van der Waals surface area contributed by atoms with E-state index in [-0.39, 0.29) is 10.8 Å². The summed E-state index contributed by atoms with van der Waals surface area (Å²) in [6, 6.07) is 27.6. The molecule has 32 heavy (non-hydrogen) atoms. The van der Waals surface area contributed by atoms with Gasteiger partial charge in [0.15, 0.2) is 0 Å². The summed E-state index contributed by atoms with van der Waals surface area (Å²) in [6.45, 7) is 0.810. The van der Waals surface area contributed by atoms with Crippen molar-refractivity contribution in [1.82, 2.24) is 4.31 Å². The molecule has 0 saturated heterocycles. The first-order valence-corrected chi connectivity index (χ1v) is 11.9. The van der Waals surface area contributed by atoms with Gasteiger partial charge in [0.25, 0.3) is 5.91 Å². The molecular weight excluding hydrogens is 420 g/mol. The van der Waals surface area contributed by atoms with Gasteiger partial charge in [0.05, 0.1) is 4.90 Å². The monoisotopic (exact) mass is 442 g/mol. The molecule has 1 heterocycles. The molecule has 0 atom stereocenters. The third kappa shape index (κ3) is 3.79. The second kappa shape index (κ2) is 8.22. The first-order chi connectivity index (χ1) is 15.5. The lowest BCUT2D eigenvalue weighted by Crippen LogP contribution is -2.35. The number of benzene rings is 4. The third-order valence-corrected chi connectivity index (χ3v) is 7.75. The van der Waals surface area contributed by atoms with Crippen LogP contribution in [0.3, 0.4) is 0 Å². The molecule has 6 heteroatoms. The predicted octanol–water partition coefficient (Wildman–Crippen LogP) is 4.84. The van der Waals surface area contributed by atoms with Gasteiger partial charge in [0, 0.05) is 29.7 Å². The molecule has 4 aromatic rings. The zero-order valence-electron chi connectivity index (χ0n) is 17.4. The van der Waals surface area contributed by atoms with Crippen LogP contribution in [0.15, 0.2) is 95.9 Å². The number of sulfonamides is 1. The minimum absolute atomic E-state index is 0.193. The maximum Gasteiger partial charge on any atom is 0.255 e. The molecule has 0 aromatic heterocycles. The predicted molar refractivity (Wildman–Crippen MR) is 126 cm³/mol. The Labute approximate surface area is 187 Å². The first-order valence-electron chi connectivity index (χ1n) is 10.5. The molecule has 0 saturated carbocycles.